The maximum absolute atomic E-state index is 6.65. The van der Waals surface area contributed by atoms with E-state index in [0.717, 1.165) is 22.2 Å². The van der Waals surface area contributed by atoms with Crippen molar-refractivity contribution in [1.82, 2.24) is 4.98 Å². The van der Waals surface area contributed by atoms with Crippen LogP contribution in [0.2, 0.25) is 0 Å². The summed E-state index contributed by atoms with van der Waals surface area (Å²) in [4.78, 5) is 5.34. The first-order valence-corrected chi connectivity index (χ1v) is 18.7. The molecule has 0 bridgehead atoms. The molecule has 0 radical (unpaired) electrons. The Hall–Kier alpha value is -6.77. The van der Waals surface area contributed by atoms with Crippen LogP contribution >= 0.6 is 0 Å². The van der Waals surface area contributed by atoms with Crippen LogP contribution < -0.4 is 0 Å². The highest BCUT2D eigenvalue weighted by Crippen LogP contribution is 2.58. The summed E-state index contributed by atoms with van der Waals surface area (Å²) >= 11 is 0. The van der Waals surface area contributed by atoms with E-state index >= 15 is 0 Å². The van der Waals surface area contributed by atoms with Crippen LogP contribution in [0, 0.1) is 0 Å². The van der Waals surface area contributed by atoms with Gasteiger partial charge >= 0.3 is 0 Å². The first-order chi connectivity index (χ1) is 26.7. The minimum atomic E-state index is -0.548. The van der Waals surface area contributed by atoms with E-state index < -0.39 is 5.41 Å². The second-order valence-electron chi connectivity index (χ2n) is 14.8. The van der Waals surface area contributed by atoms with Crippen LogP contribution in [0.3, 0.4) is 0 Å². The van der Waals surface area contributed by atoms with E-state index in [9.17, 15) is 0 Å². The SMILES string of the molecule is CC1(c2ccccc2)c2ccccc2-c2ccc(-c3ccc(-c4nc5c6c(ccc5o4)-c4ccccc4C6(c4ccccc4)c4ccccc4)cc3)cc21. The average Bonchev–Trinajstić information content (AvgIpc) is 3.90. The highest BCUT2D eigenvalue weighted by Gasteiger charge is 2.48. The van der Waals surface area contributed by atoms with Gasteiger partial charge in [0.2, 0.25) is 5.89 Å². The maximum atomic E-state index is 6.65. The molecule has 2 aliphatic rings. The second-order valence-corrected chi connectivity index (χ2v) is 14.8. The van der Waals surface area contributed by atoms with Crippen LogP contribution in [0.4, 0.5) is 0 Å². The number of benzene rings is 8. The molecule has 0 fully saturated rings. The molecule has 1 heterocycles. The number of nitrogens with zero attached hydrogens (tertiary/aromatic N) is 1. The quantitative estimate of drug-likeness (QED) is 0.180. The van der Waals surface area contributed by atoms with Crippen molar-refractivity contribution in [3.63, 3.8) is 0 Å². The van der Waals surface area contributed by atoms with E-state index in [2.05, 4.69) is 201 Å². The number of aromatic nitrogens is 1. The van der Waals surface area contributed by atoms with Crippen molar-refractivity contribution in [3.8, 4) is 44.8 Å². The lowest BCUT2D eigenvalue weighted by atomic mass is 9.67. The predicted octanol–water partition coefficient (Wildman–Crippen LogP) is 12.9. The average molecular weight is 690 g/mol. The molecule has 8 aromatic carbocycles. The molecule has 0 N–H and O–H groups in total. The zero-order valence-electron chi connectivity index (χ0n) is 29.8. The number of hydrogen-bond acceptors (Lipinski definition) is 2. The van der Waals surface area contributed by atoms with Gasteiger partial charge in [0.1, 0.15) is 5.52 Å². The van der Waals surface area contributed by atoms with Crippen molar-refractivity contribution < 1.29 is 4.42 Å². The molecule has 0 amide bonds. The van der Waals surface area contributed by atoms with Crippen molar-refractivity contribution >= 4 is 11.1 Å². The van der Waals surface area contributed by atoms with Crippen LogP contribution in [-0.4, -0.2) is 4.98 Å². The zero-order chi connectivity index (χ0) is 35.9. The van der Waals surface area contributed by atoms with Gasteiger partial charge in [-0.3, -0.25) is 0 Å². The number of hydrogen-bond donors (Lipinski definition) is 0. The molecular formula is C52H35NO. The molecule has 54 heavy (non-hydrogen) atoms. The van der Waals surface area contributed by atoms with Gasteiger partial charge in [-0.2, -0.15) is 0 Å². The van der Waals surface area contributed by atoms with Crippen molar-refractivity contribution in [2.75, 3.05) is 0 Å². The molecule has 9 aromatic rings. The van der Waals surface area contributed by atoms with Crippen LogP contribution in [0.5, 0.6) is 0 Å². The van der Waals surface area contributed by atoms with Gasteiger partial charge in [-0.05, 0) is 98.0 Å². The molecule has 2 nitrogen and oxygen atoms in total. The van der Waals surface area contributed by atoms with Gasteiger partial charge < -0.3 is 4.42 Å². The van der Waals surface area contributed by atoms with Crippen LogP contribution in [-0.2, 0) is 10.8 Å². The zero-order valence-corrected chi connectivity index (χ0v) is 29.8. The summed E-state index contributed by atoms with van der Waals surface area (Å²) in [7, 11) is 0. The highest BCUT2D eigenvalue weighted by molar-refractivity contribution is 5.97. The van der Waals surface area contributed by atoms with Gasteiger partial charge in [0.05, 0.1) is 5.41 Å². The number of oxazole rings is 1. The smallest absolute Gasteiger partial charge is 0.227 e. The fourth-order valence-electron chi connectivity index (χ4n) is 9.60. The van der Waals surface area contributed by atoms with Crippen molar-refractivity contribution in [1.29, 1.82) is 0 Å². The maximum Gasteiger partial charge on any atom is 0.227 e. The lowest BCUT2D eigenvalue weighted by Crippen LogP contribution is -2.28. The van der Waals surface area contributed by atoms with Crippen molar-refractivity contribution in [2.24, 2.45) is 0 Å². The van der Waals surface area contributed by atoms with Crippen LogP contribution in [0.1, 0.15) is 45.9 Å². The van der Waals surface area contributed by atoms with E-state index in [1.165, 1.54) is 66.8 Å². The molecule has 0 aliphatic heterocycles. The molecule has 2 heteroatoms. The van der Waals surface area contributed by atoms with Crippen molar-refractivity contribution in [3.05, 3.63) is 233 Å². The minimum Gasteiger partial charge on any atom is -0.436 e. The van der Waals surface area contributed by atoms with E-state index in [1.807, 2.05) is 0 Å². The lowest BCUT2D eigenvalue weighted by molar-refractivity contribution is 0.620. The summed E-state index contributed by atoms with van der Waals surface area (Å²) in [5, 5.41) is 0. The third kappa shape index (κ3) is 4.20. The fourth-order valence-corrected chi connectivity index (χ4v) is 9.60. The fraction of sp³-hybridized carbons (Fsp3) is 0.0577. The standard InChI is InChI=1S/C52H35NO/c1-51(37-15-5-2-6-16-37)44-23-13-11-21-40(44)42-30-29-36(33-46(42)51)34-25-27-35(28-26-34)50-53-49-47(54-50)32-31-43-41-22-12-14-24-45(41)52(48(43)49,38-17-7-3-8-18-38)39-19-9-4-10-20-39/h2-33H,1H3. The van der Waals surface area contributed by atoms with Gasteiger partial charge in [0.25, 0.3) is 0 Å². The summed E-state index contributed by atoms with van der Waals surface area (Å²) in [6.45, 7) is 2.37. The Kier molecular flexibility index (Phi) is 6.63. The first kappa shape index (κ1) is 30.8. The van der Waals surface area contributed by atoms with Crippen LogP contribution in [0.25, 0.3) is 55.9 Å². The van der Waals surface area contributed by atoms with Gasteiger partial charge in [0, 0.05) is 16.5 Å². The first-order valence-electron chi connectivity index (χ1n) is 18.7. The monoisotopic (exact) mass is 689 g/mol. The Bertz CT molecular complexity index is 2830. The molecule has 2 aliphatic carbocycles. The molecule has 11 rings (SSSR count). The third-order valence-corrected chi connectivity index (χ3v) is 12.1. The largest absolute Gasteiger partial charge is 0.436 e. The molecule has 1 aromatic heterocycles. The summed E-state index contributed by atoms with van der Waals surface area (Å²) in [6, 6.07) is 70.2. The molecule has 0 saturated carbocycles. The Balaban J connectivity index is 1.03. The topological polar surface area (TPSA) is 26.0 Å². The molecular weight excluding hydrogens is 655 g/mol. The van der Waals surface area contributed by atoms with E-state index in [0.29, 0.717) is 5.89 Å². The second kappa shape index (κ2) is 11.6. The summed E-state index contributed by atoms with van der Waals surface area (Å²) in [6.07, 6.45) is 0. The molecule has 0 saturated heterocycles. The molecule has 1 unspecified atom stereocenters. The van der Waals surface area contributed by atoms with Gasteiger partial charge in [-0.15, -0.1) is 0 Å². The Morgan fingerprint density at radius 2 is 0.907 bits per heavy atom. The Morgan fingerprint density at radius 1 is 0.407 bits per heavy atom. The predicted molar refractivity (Wildman–Crippen MR) is 220 cm³/mol. The van der Waals surface area contributed by atoms with E-state index in [-0.39, 0.29) is 5.41 Å². The minimum absolute atomic E-state index is 0.240. The van der Waals surface area contributed by atoms with Gasteiger partial charge in [-0.25, -0.2) is 4.98 Å². The third-order valence-electron chi connectivity index (χ3n) is 12.1. The molecule has 1 atom stereocenters. The Morgan fingerprint density at radius 3 is 1.57 bits per heavy atom. The van der Waals surface area contributed by atoms with E-state index in [4.69, 9.17) is 9.40 Å². The van der Waals surface area contributed by atoms with Crippen molar-refractivity contribution in [2.45, 2.75) is 17.8 Å². The Labute approximate surface area is 315 Å². The van der Waals surface area contributed by atoms with Crippen LogP contribution in [0.15, 0.2) is 199 Å². The lowest BCUT2D eigenvalue weighted by Gasteiger charge is -2.33. The summed E-state index contributed by atoms with van der Waals surface area (Å²) in [5.41, 5.74) is 18.1. The molecule has 0 spiro atoms. The summed E-state index contributed by atoms with van der Waals surface area (Å²) < 4.78 is 6.65. The molecule has 254 valence electrons. The summed E-state index contributed by atoms with van der Waals surface area (Å²) in [5.74, 6) is 0.622. The highest BCUT2D eigenvalue weighted by atomic mass is 16.3. The normalized spacial score (nSPS) is 16.1. The van der Waals surface area contributed by atoms with E-state index in [1.54, 1.807) is 0 Å². The number of rotatable bonds is 5. The number of fused-ring (bicyclic) bond motifs is 8. The van der Waals surface area contributed by atoms with Gasteiger partial charge in [-0.1, -0.05) is 170 Å². The van der Waals surface area contributed by atoms with Gasteiger partial charge in [0.15, 0.2) is 5.58 Å².